The van der Waals surface area contributed by atoms with Gasteiger partial charge in [0.2, 0.25) is 11.8 Å². The number of carbonyl (C=O) groups is 4. The summed E-state index contributed by atoms with van der Waals surface area (Å²) in [6, 6.07) is 19.2. The van der Waals surface area contributed by atoms with Crippen LogP contribution in [0.4, 0.5) is 15.3 Å². The second-order valence-corrected chi connectivity index (χ2v) is 19.3. The Bertz CT molecular complexity index is 2600. The summed E-state index contributed by atoms with van der Waals surface area (Å²) in [5.74, 6) is 0.829. The molecule has 0 radical (unpaired) electrons. The van der Waals surface area contributed by atoms with E-state index < -0.39 is 36.5 Å². The number of fused-ring (bicyclic) bond motifs is 2. The SMILES string of the molecule is COC(=O)N[C@H](C(=O)N1CCC[C@H]1c1nc2ccc([C@@H]3CC[C@@H](c4ccc5nc([C@@H]6CCCN6C(=O)[C@H]([C@@H](C)OC)N(C)C(=O)O)[nH]c5c4)N3c3ccc(C(C)(C)C)cc3)cc2[nH]1)C(C)OC. The number of hydrogen-bond donors (Lipinski definition) is 4. The van der Waals surface area contributed by atoms with E-state index in [1.165, 1.54) is 33.9 Å². The molecular formula is C50H65N9O8. The molecule has 3 aliphatic heterocycles. The molecule has 3 aliphatic rings. The van der Waals surface area contributed by atoms with Gasteiger partial charge in [-0.25, -0.2) is 19.6 Å². The van der Waals surface area contributed by atoms with Gasteiger partial charge in [-0.05, 0) is 111 Å². The summed E-state index contributed by atoms with van der Waals surface area (Å²) in [5, 5.41) is 12.5. The zero-order valence-electron chi connectivity index (χ0n) is 40.0. The van der Waals surface area contributed by atoms with E-state index in [-0.39, 0.29) is 41.4 Å². The number of anilines is 1. The van der Waals surface area contributed by atoms with Crippen molar-refractivity contribution in [2.24, 2.45) is 0 Å². The highest BCUT2D eigenvalue weighted by atomic mass is 16.5. The van der Waals surface area contributed by atoms with Crippen molar-refractivity contribution >= 4 is 51.8 Å². The monoisotopic (exact) mass is 919 g/mol. The van der Waals surface area contributed by atoms with Crippen molar-refractivity contribution in [3.8, 4) is 0 Å². The number of alkyl carbamates (subject to hydrolysis) is 1. The number of rotatable bonds is 13. The van der Waals surface area contributed by atoms with Crippen molar-refractivity contribution in [2.75, 3.05) is 46.4 Å². The number of nitrogens with zero attached hydrogens (tertiary/aromatic N) is 6. The van der Waals surface area contributed by atoms with Gasteiger partial charge in [0.25, 0.3) is 0 Å². The van der Waals surface area contributed by atoms with Gasteiger partial charge in [0.05, 0.1) is 65.6 Å². The Kier molecular flexibility index (Phi) is 13.5. The summed E-state index contributed by atoms with van der Waals surface area (Å²) in [5.41, 5.74) is 8.00. The molecule has 3 aromatic carbocycles. The first kappa shape index (κ1) is 47.3. The van der Waals surface area contributed by atoms with Crippen LogP contribution in [0.2, 0.25) is 0 Å². The Balaban J connectivity index is 1.09. The fraction of sp³-hybridized carbons (Fsp3) is 0.520. The molecule has 2 aromatic heterocycles. The maximum Gasteiger partial charge on any atom is 0.407 e. The van der Waals surface area contributed by atoms with Gasteiger partial charge >= 0.3 is 12.2 Å². The van der Waals surface area contributed by atoms with Crippen molar-refractivity contribution in [3.05, 3.63) is 89.0 Å². The largest absolute Gasteiger partial charge is 0.465 e. The average molecular weight is 920 g/mol. The molecule has 0 spiro atoms. The van der Waals surface area contributed by atoms with Crippen LogP contribution in [-0.4, -0.2) is 130 Å². The van der Waals surface area contributed by atoms with Crippen molar-refractivity contribution in [2.45, 2.75) is 127 Å². The van der Waals surface area contributed by atoms with E-state index in [9.17, 15) is 24.3 Å². The van der Waals surface area contributed by atoms with Gasteiger partial charge in [-0.2, -0.15) is 0 Å². The molecular weight excluding hydrogens is 855 g/mol. The number of aromatic amines is 2. The number of methoxy groups -OCH3 is 3. The highest BCUT2D eigenvalue weighted by Crippen LogP contribution is 2.48. The number of imidazole rings is 2. The van der Waals surface area contributed by atoms with Gasteiger partial charge in [0.1, 0.15) is 23.7 Å². The lowest BCUT2D eigenvalue weighted by Gasteiger charge is -2.34. The van der Waals surface area contributed by atoms with E-state index in [2.05, 4.69) is 95.6 Å². The molecule has 8 rings (SSSR count). The van der Waals surface area contributed by atoms with Gasteiger partial charge in [-0.1, -0.05) is 45.0 Å². The standard InChI is InChI=1S/C50H65N9O8/c1-28(65-7)42(55-48(62)67-9)46(60)57-24-10-12-40(57)44-51-34-20-14-30(26-36(34)53-44)38-22-23-39(59(38)33-18-16-32(17-19-33)50(3,4)5)31-15-21-35-37(27-31)54-45(52-35)41-13-11-25-58(41)47(61)43(29(2)66-8)56(6)49(63)64/h14-21,26-29,38-43H,10-13,22-25H2,1-9H3,(H,51,53)(H,52,54)(H,55,62)(H,63,64)/t28?,29-,38+,39+,40+,41+,42+,43+/m1/s1. The summed E-state index contributed by atoms with van der Waals surface area (Å²) < 4.78 is 15.8. The van der Waals surface area contributed by atoms with Crippen LogP contribution in [0.3, 0.4) is 0 Å². The molecule has 17 nitrogen and oxygen atoms in total. The molecule has 67 heavy (non-hydrogen) atoms. The zero-order chi connectivity index (χ0) is 47.9. The highest BCUT2D eigenvalue weighted by Gasteiger charge is 2.42. The number of nitrogens with one attached hydrogen (secondary N) is 3. The lowest BCUT2D eigenvalue weighted by Crippen LogP contribution is -2.54. The number of likely N-dealkylation sites (N-methyl/N-ethyl adjacent to an activating group) is 1. The van der Waals surface area contributed by atoms with Gasteiger partial charge < -0.3 is 49.3 Å². The number of aromatic nitrogens is 4. The quantitative estimate of drug-likeness (QED) is 0.0895. The van der Waals surface area contributed by atoms with Gasteiger partial charge in [0.15, 0.2) is 0 Å². The second-order valence-electron chi connectivity index (χ2n) is 19.3. The Morgan fingerprint density at radius 2 is 1.24 bits per heavy atom. The van der Waals surface area contributed by atoms with E-state index in [4.69, 9.17) is 24.2 Å². The van der Waals surface area contributed by atoms with Crippen LogP contribution in [0.15, 0.2) is 60.7 Å². The minimum absolute atomic E-state index is 0.00992. The first-order chi connectivity index (χ1) is 32.0. The minimum Gasteiger partial charge on any atom is -0.465 e. The highest BCUT2D eigenvalue weighted by molar-refractivity contribution is 5.88. The number of likely N-dealkylation sites (tertiary alicyclic amines) is 2. The molecule has 5 aromatic rings. The third-order valence-corrected chi connectivity index (χ3v) is 14.3. The predicted molar refractivity (Wildman–Crippen MR) is 254 cm³/mol. The van der Waals surface area contributed by atoms with Crippen LogP contribution >= 0.6 is 0 Å². The van der Waals surface area contributed by atoms with E-state index in [1.807, 2.05) is 6.07 Å². The Labute approximate surface area is 391 Å². The van der Waals surface area contributed by atoms with Crippen LogP contribution in [-0.2, 0) is 29.2 Å². The normalized spacial score (nSPS) is 21.7. The first-order valence-corrected chi connectivity index (χ1v) is 23.4. The number of carboxylic acid groups (broad SMARTS) is 1. The van der Waals surface area contributed by atoms with Crippen LogP contribution in [0.1, 0.15) is 126 Å². The van der Waals surface area contributed by atoms with Crippen molar-refractivity contribution in [1.29, 1.82) is 0 Å². The van der Waals surface area contributed by atoms with Crippen LogP contribution in [0.25, 0.3) is 22.1 Å². The van der Waals surface area contributed by atoms with E-state index in [1.54, 1.807) is 23.6 Å². The van der Waals surface area contributed by atoms with Crippen LogP contribution < -0.4 is 10.2 Å². The Morgan fingerprint density at radius 3 is 1.70 bits per heavy atom. The predicted octanol–water partition coefficient (Wildman–Crippen LogP) is 7.92. The number of benzene rings is 3. The maximum absolute atomic E-state index is 14.0. The van der Waals surface area contributed by atoms with Crippen LogP contribution in [0, 0.1) is 0 Å². The number of H-pyrrole nitrogens is 2. The summed E-state index contributed by atoms with van der Waals surface area (Å²) in [6.45, 7) is 11.1. The molecule has 3 fully saturated rings. The molecule has 1 unspecified atom stereocenters. The molecule has 0 aliphatic carbocycles. The third kappa shape index (κ3) is 9.27. The summed E-state index contributed by atoms with van der Waals surface area (Å²) in [4.78, 5) is 76.5. The summed E-state index contributed by atoms with van der Waals surface area (Å²) >= 11 is 0. The fourth-order valence-corrected chi connectivity index (χ4v) is 10.4. The molecule has 0 saturated carbocycles. The second kappa shape index (κ2) is 19.2. The van der Waals surface area contributed by atoms with Gasteiger partial charge in [0, 0.05) is 40.0 Å². The number of ether oxygens (including phenoxy) is 3. The molecule has 17 heteroatoms. The minimum atomic E-state index is -1.20. The lowest BCUT2D eigenvalue weighted by atomic mass is 9.87. The Hall–Kier alpha value is -6.20. The molecule has 5 heterocycles. The smallest absolute Gasteiger partial charge is 0.407 e. The molecule has 358 valence electrons. The fourth-order valence-electron chi connectivity index (χ4n) is 10.4. The third-order valence-electron chi connectivity index (χ3n) is 14.3. The molecule has 8 atom stereocenters. The van der Waals surface area contributed by atoms with Crippen LogP contribution in [0.5, 0.6) is 0 Å². The summed E-state index contributed by atoms with van der Waals surface area (Å²) in [6.07, 6.45) is 1.67. The zero-order valence-corrected chi connectivity index (χ0v) is 40.0. The maximum atomic E-state index is 14.0. The van der Waals surface area contributed by atoms with Crippen molar-refractivity contribution < 1.29 is 38.5 Å². The lowest BCUT2D eigenvalue weighted by molar-refractivity contribution is -0.141. The molecule has 0 bridgehead atoms. The number of amides is 4. The first-order valence-electron chi connectivity index (χ1n) is 23.4. The van der Waals surface area contributed by atoms with E-state index >= 15 is 0 Å². The number of hydrogen-bond acceptors (Lipinski definition) is 10. The molecule has 4 N–H and O–H groups in total. The Morgan fingerprint density at radius 1 is 0.731 bits per heavy atom. The topological polar surface area (TPSA) is 199 Å². The average Bonchev–Trinajstić information content (AvgIpc) is 4.18. The number of carbonyl (C=O) groups excluding carboxylic acids is 3. The molecule has 3 saturated heterocycles. The van der Waals surface area contributed by atoms with Crippen molar-refractivity contribution in [3.63, 3.8) is 0 Å². The van der Waals surface area contributed by atoms with Gasteiger partial charge in [-0.15, -0.1) is 0 Å². The summed E-state index contributed by atoms with van der Waals surface area (Å²) in [7, 11) is 5.66. The molecule has 4 amide bonds. The van der Waals surface area contributed by atoms with Gasteiger partial charge in [-0.3, -0.25) is 14.5 Å². The van der Waals surface area contributed by atoms with E-state index in [0.717, 1.165) is 75.9 Å². The van der Waals surface area contributed by atoms with E-state index in [0.29, 0.717) is 31.2 Å². The van der Waals surface area contributed by atoms with Crippen molar-refractivity contribution in [1.82, 2.24) is 40.0 Å².